The zero-order valence-corrected chi connectivity index (χ0v) is 15.9. The number of carbonyl (C=O) groups is 2. The maximum Gasteiger partial charge on any atom is 0.316 e. The van der Waals surface area contributed by atoms with Crippen molar-refractivity contribution in [3.05, 3.63) is 34.9 Å². The molecule has 0 heterocycles. The van der Waals surface area contributed by atoms with E-state index in [2.05, 4.69) is 10.6 Å². The maximum atomic E-state index is 12.6. The lowest BCUT2D eigenvalue weighted by atomic mass is 9.84. The van der Waals surface area contributed by atoms with Gasteiger partial charge in [-0.15, -0.1) is 0 Å². The summed E-state index contributed by atoms with van der Waals surface area (Å²) < 4.78 is 5.74. The highest BCUT2D eigenvalue weighted by Gasteiger charge is 2.34. The third-order valence-electron chi connectivity index (χ3n) is 4.68. The van der Waals surface area contributed by atoms with Gasteiger partial charge in [0.15, 0.2) is 0 Å². The summed E-state index contributed by atoms with van der Waals surface area (Å²) in [7, 11) is 0. The minimum Gasteiger partial charge on any atom is -0.462 e. The van der Waals surface area contributed by atoms with Gasteiger partial charge >= 0.3 is 12.0 Å². The van der Waals surface area contributed by atoms with Crippen LogP contribution in [-0.2, 0) is 14.9 Å². The van der Waals surface area contributed by atoms with Crippen LogP contribution in [0.25, 0.3) is 0 Å². The lowest BCUT2D eigenvalue weighted by molar-refractivity contribution is -0.156. The van der Waals surface area contributed by atoms with Crippen LogP contribution in [0, 0.1) is 0 Å². The van der Waals surface area contributed by atoms with Gasteiger partial charge < -0.3 is 15.4 Å². The first kappa shape index (κ1) is 19.6. The van der Waals surface area contributed by atoms with Crippen LogP contribution in [0.15, 0.2) is 24.3 Å². The van der Waals surface area contributed by atoms with Crippen LogP contribution in [0.3, 0.4) is 0 Å². The number of carbonyl (C=O) groups excluding carboxylic acids is 2. The monoisotopic (exact) mass is 366 g/mol. The molecule has 0 aliphatic heterocycles. The molecule has 1 aliphatic rings. The number of amides is 2. The zero-order valence-electron chi connectivity index (χ0n) is 15.1. The molecule has 1 aliphatic carbocycles. The Kier molecular flexibility index (Phi) is 6.71. The number of rotatable bonds is 5. The number of ether oxygens (including phenoxy) is 1. The molecule has 1 fully saturated rings. The lowest BCUT2D eigenvalue weighted by Gasteiger charge is -2.32. The summed E-state index contributed by atoms with van der Waals surface area (Å²) in [6, 6.07) is 7.32. The Hall–Kier alpha value is -1.75. The number of hydrogen-bond donors (Lipinski definition) is 2. The molecule has 0 spiro atoms. The molecule has 0 unspecified atom stereocenters. The van der Waals surface area contributed by atoms with Crippen molar-refractivity contribution < 1.29 is 14.3 Å². The summed E-state index contributed by atoms with van der Waals surface area (Å²) in [5, 5.41) is 6.29. The van der Waals surface area contributed by atoms with Crippen LogP contribution >= 0.6 is 11.6 Å². The van der Waals surface area contributed by atoms with Crippen LogP contribution in [0.5, 0.6) is 0 Å². The molecule has 6 heteroatoms. The van der Waals surface area contributed by atoms with E-state index in [1.807, 2.05) is 32.9 Å². The largest absolute Gasteiger partial charge is 0.462 e. The van der Waals surface area contributed by atoms with E-state index in [1.54, 1.807) is 12.1 Å². The number of halogens is 1. The fraction of sp³-hybridized carbons (Fsp3) is 0.579. The second-order valence-electron chi connectivity index (χ2n) is 7.02. The summed E-state index contributed by atoms with van der Waals surface area (Å²) in [5.74, 6) is -0.241. The average molecular weight is 367 g/mol. The molecule has 2 N–H and O–H groups in total. The third-order valence-corrected chi connectivity index (χ3v) is 4.91. The van der Waals surface area contributed by atoms with Crippen molar-refractivity contribution in [2.75, 3.05) is 6.54 Å². The number of nitrogens with one attached hydrogen (secondary N) is 2. The molecule has 0 bridgehead atoms. The van der Waals surface area contributed by atoms with E-state index in [0.717, 1.165) is 31.2 Å². The molecule has 0 atom stereocenters. The molecule has 25 heavy (non-hydrogen) atoms. The van der Waals surface area contributed by atoms with Gasteiger partial charge in [0.1, 0.15) is 6.10 Å². The molecule has 138 valence electrons. The second kappa shape index (κ2) is 8.56. The molecule has 0 saturated heterocycles. The first-order chi connectivity index (χ1) is 11.8. The molecular weight excluding hydrogens is 340 g/mol. The zero-order chi connectivity index (χ0) is 18.4. The highest BCUT2D eigenvalue weighted by molar-refractivity contribution is 6.30. The molecule has 2 rings (SSSR count). The van der Waals surface area contributed by atoms with E-state index in [4.69, 9.17) is 16.3 Å². The Balaban J connectivity index is 1.86. The van der Waals surface area contributed by atoms with Gasteiger partial charge in [0, 0.05) is 17.6 Å². The highest BCUT2D eigenvalue weighted by Crippen LogP contribution is 2.29. The summed E-state index contributed by atoms with van der Waals surface area (Å²) in [6.07, 6.45) is 3.04. The van der Waals surface area contributed by atoms with Crippen LogP contribution < -0.4 is 10.6 Å². The molecule has 0 aromatic heterocycles. The molecule has 1 saturated carbocycles. The number of benzene rings is 1. The molecule has 1 aromatic carbocycles. The van der Waals surface area contributed by atoms with Gasteiger partial charge in [-0.1, -0.05) is 23.7 Å². The number of urea groups is 1. The summed E-state index contributed by atoms with van der Waals surface area (Å²) in [5.41, 5.74) is 0.0951. The van der Waals surface area contributed by atoms with Crippen molar-refractivity contribution in [2.45, 2.75) is 64.0 Å². The first-order valence-electron chi connectivity index (χ1n) is 8.84. The van der Waals surface area contributed by atoms with Gasteiger partial charge in [-0.2, -0.15) is 0 Å². The Bertz CT molecular complexity index is 610. The molecule has 1 aromatic rings. The van der Waals surface area contributed by atoms with Crippen molar-refractivity contribution in [1.82, 2.24) is 10.6 Å². The van der Waals surface area contributed by atoms with Crippen LogP contribution in [0.1, 0.15) is 52.0 Å². The lowest BCUT2D eigenvalue weighted by Crippen LogP contribution is -2.45. The molecule has 0 radical (unpaired) electrons. The predicted octanol–water partition coefficient (Wildman–Crippen LogP) is 3.79. The van der Waals surface area contributed by atoms with Crippen molar-refractivity contribution in [3.8, 4) is 0 Å². The van der Waals surface area contributed by atoms with Crippen LogP contribution in [0.2, 0.25) is 5.02 Å². The Labute approximate surface area is 154 Å². The Morgan fingerprint density at radius 3 is 2.52 bits per heavy atom. The Morgan fingerprint density at radius 2 is 1.92 bits per heavy atom. The van der Waals surface area contributed by atoms with Crippen LogP contribution in [0.4, 0.5) is 4.79 Å². The Morgan fingerprint density at radius 1 is 1.24 bits per heavy atom. The predicted molar refractivity (Wildman–Crippen MR) is 98.8 cm³/mol. The minimum absolute atomic E-state index is 0.0988. The summed E-state index contributed by atoms with van der Waals surface area (Å²) in [4.78, 5) is 24.2. The van der Waals surface area contributed by atoms with Crippen molar-refractivity contribution in [2.24, 2.45) is 0 Å². The fourth-order valence-corrected chi connectivity index (χ4v) is 3.21. The van der Waals surface area contributed by atoms with E-state index < -0.39 is 5.41 Å². The third kappa shape index (κ3) is 5.36. The van der Waals surface area contributed by atoms with Gasteiger partial charge in [-0.3, -0.25) is 4.79 Å². The highest BCUT2D eigenvalue weighted by atomic mass is 35.5. The van der Waals surface area contributed by atoms with Crippen LogP contribution in [-0.4, -0.2) is 30.7 Å². The van der Waals surface area contributed by atoms with Gasteiger partial charge in [-0.25, -0.2) is 4.79 Å². The molecular formula is C19H27ClN2O3. The van der Waals surface area contributed by atoms with Gasteiger partial charge in [0.2, 0.25) is 0 Å². The topological polar surface area (TPSA) is 67.4 Å². The van der Waals surface area contributed by atoms with E-state index in [9.17, 15) is 9.59 Å². The van der Waals surface area contributed by atoms with E-state index in [-0.39, 0.29) is 24.1 Å². The van der Waals surface area contributed by atoms with Gasteiger partial charge in [0.25, 0.3) is 0 Å². The second-order valence-corrected chi connectivity index (χ2v) is 7.45. The smallest absolute Gasteiger partial charge is 0.316 e. The first-order valence-corrected chi connectivity index (χ1v) is 9.22. The average Bonchev–Trinajstić information content (AvgIpc) is 2.56. The standard InChI is InChI=1S/C19H27ClN2O3/c1-4-21-18(24)22-15-8-10-16(11-9-15)25-17(23)19(2,3)13-6-5-7-14(20)12-13/h5-7,12,15-16H,4,8-11H2,1-3H3,(H2,21,22,24). The summed E-state index contributed by atoms with van der Waals surface area (Å²) >= 11 is 6.04. The van der Waals surface area contributed by atoms with E-state index in [1.165, 1.54) is 0 Å². The van der Waals surface area contributed by atoms with E-state index in [0.29, 0.717) is 11.6 Å². The van der Waals surface area contributed by atoms with Crippen molar-refractivity contribution in [1.29, 1.82) is 0 Å². The normalized spacial score (nSPS) is 20.6. The van der Waals surface area contributed by atoms with E-state index >= 15 is 0 Å². The van der Waals surface area contributed by atoms with Crippen molar-refractivity contribution >= 4 is 23.6 Å². The van der Waals surface area contributed by atoms with Gasteiger partial charge in [-0.05, 0) is 64.2 Å². The fourth-order valence-electron chi connectivity index (χ4n) is 3.02. The number of hydrogen-bond acceptors (Lipinski definition) is 3. The van der Waals surface area contributed by atoms with Gasteiger partial charge in [0.05, 0.1) is 5.41 Å². The molecule has 2 amide bonds. The number of esters is 1. The molecule has 5 nitrogen and oxygen atoms in total. The maximum absolute atomic E-state index is 12.6. The quantitative estimate of drug-likeness (QED) is 0.779. The minimum atomic E-state index is -0.749. The van der Waals surface area contributed by atoms with Crippen molar-refractivity contribution in [3.63, 3.8) is 0 Å². The SMILES string of the molecule is CCNC(=O)NC1CCC(OC(=O)C(C)(C)c2cccc(Cl)c2)CC1. The summed E-state index contributed by atoms with van der Waals surface area (Å²) in [6.45, 7) is 6.20.